The molecule has 3 aromatic carbocycles. The minimum atomic E-state index is 0.503. The van der Waals surface area contributed by atoms with E-state index in [9.17, 15) is 0 Å². The quantitative estimate of drug-likeness (QED) is 0.396. The number of hydrogen-bond acceptors (Lipinski definition) is 5. The Morgan fingerprint density at radius 2 is 1.44 bits per heavy atom. The number of benzene rings is 3. The zero-order chi connectivity index (χ0) is 22.0. The Hall–Kier alpha value is -3.18. The van der Waals surface area contributed by atoms with Crippen LogP contribution in [0.25, 0.3) is 0 Å². The molecule has 4 rings (SSSR count). The van der Waals surface area contributed by atoms with Crippen LogP contribution in [-0.4, -0.2) is 38.3 Å². The number of rotatable bonds is 10. The molecule has 0 bridgehead atoms. The summed E-state index contributed by atoms with van der Waals surface area (Å²) in [4.78, 5) is 2.47. The van der Waals surface area contributed by atoms with Crippen LogP contribution in [0.1, 0.15) is 24.8 Å². The van der Waals surface area contributed by atoms with Gasteiger partial charge in [0.05, 0.1) is 7.11 Å². The van der Waals surface area contributed by atoms with Crippen molar-refractivity contribution in [3.05, 3.63) is 78.4 Å². The maximum absolute atomic E-state index is 6.03. The van der Waals surface area contributed by atoms with Gasteiger partial charge in [-0.1, -0.05) is 36.8 Å². The Morgan fingerprint density at radius 1 is 0.719 bits per heavy atom. The minimum absolute atomic E-state index is 0.503. The van der Waals surface area contributed by atoms with Gasteiger partial charge in [-0.15, -0.1) is 0 Å². The lowest BCUT2D eigenvalue weighted by Crippen LogP contribution is -2.33. The molecule has 1 heterocycles. The molecule has 0 radical (unpaired) electrons. The molecule has 0 amide bonds. The fraction of sp³-hybridized carbons (Fsp3) is 0.333. The molecule has 32 heavy (non-hydrogen) atoms. The summed E-state index contributed by atoms with van der Waals surface area (Å²) in [6.45, 7) is 4.57. The van der Waals surface area contributed by atoms with Crippen molar-refractivity contribution in [1.29, 1.82) is 0 Å². The van der Waals surface area contributed by atoms with Crippen LogP contribution in [0.4, 0.5) is 0 Å². The number of likely N-dealkylation sites (tertiary alicyclic amines) is 1. The van der Waals surface area contributed by atoms with E-state index in [0.717, 1.165) is 29.4 Å². The van der Waals surface area contributed by atoms with Crippen molar-refractivity contribution < 1.29 is 18.9 Å². The molecule has 1 aliphatic rings. The van der Waals surface area contributed by atoms with Crippen molar-refractivity contribution in [2.75, 3.05) is 33.4 Å². The highest BCUT2D eigenvalue weighted by Gasteiger charge is 2.10. The van der Waals surface area contributed by atoms with Gasteiger partial charge in [0.15, 0.2) is 11.5 Å². The van der Waals surface area contributed by atoms with E-state index in [1.54, 1.807) is 7.11 Å². The second-order valence-electron chi connectivity index (χ2n) is 7.91. The van der Waals surface area contributed by atoms with E-state index in [2.05, 4.69) is 4.90 Å². The van der Waals surface area contributed by atoms with Crippen LogP contribution in [0.5, 0.6) is 28.7 Å². The van der Waals surface area contributed by atoms with Gasteiger partial charge >= 0.3 is 0 Å². The molecule has 3 aromatic rings. The first-order chi connectivity index (χ1) is 15.8. The Balaban J connectivity index is 1.29. The monoisotopic (exact) mass is 433 g/mol. The molecule has 0 saturated carbocycles. The van der Waals surface area contributed by atoms with Crippen molar-refractivity contribution in [3.8, 4) is 28.7 Å². The lowest BCUT2D eigenvalue weighted by atomic mass is 10.1. The third-order valence-electron chi connectivity index (χ3n) is 5.56. The fourth-order valence-electron chi connectivity index (χ4n) is 3.77. The van der Waals surface area contributed by atoms with E-state index < -0.39 is 0 Å². The van der Waals surface area contributed by atoms with Crippen LogP contribution >= 0.6 is 0 Å². The lowest BCUT2D eigenvalue weighted by molar-refractivity contribution is 0.183. The largest absolute Gasteiger partial charge is 0.493 e. The van der Waals surface area contributed by atoms with Gasteiger partial charge < -0.3 is 18.9 Å². The summed E-state index contributed by atoms with van der Waals surface area (Å²) in [6, 6.07) is 23.4. The van der Waals surface area contributed by atoms with Crippen LogP contribution in [0, 0.1) is 0 Å². The average Bonchev–Trinajstić information content (AvgIpc) is 2.86. The molecule has 5 heteroatoms. The van der Waals surface area contributed by atoms with E-state index in [4.69, 9.17) is 18.9 Å². The average molecular weight is 434 g/mol. The Bertz CT molecular complexity index is 953. The van der Waals surface area contributed by atoms with Gasteiger partial charge in [-0.05, 0) is 67.9 Å². The summed E-state index contributed by atoms with van der Waals surface area (Å²) < 4.78 is 23.3. The standard InChI is InChI=1S/C27H31NO4/c1-29-27-20-25(31-21-22-8-4-2-5-9-22)14-15-26(27)32-24-12-10-23(11-13-24)30-19-18-28-16-6-3-7-17-28/h2,4-5,8-15,20H,3,6-7,16-19,21H2,1H3. The molecule has 168 valence electrons. The van der Waals surface area contributed by atoms with Crippen LogP contribution in [0.2, 0.25) is 0 Å². The smallest absolute Gasteiger partial charge is 0.169 e. The summed E-state index contributed by atoms with van der Waals surface area (Å²) >= 11 is 0. The van der Waals surface area contributed by atoms with Gasteiger partial charge in [-0.2, -0.15) is 0 Å². The maximum atomic E-state index is 6.03. The predicted molar refractivity (Wildman–Crippen MR) is 126 cm³/mol. The summed E-state index contributed by atoms with van der Waals surface area (Å²) in [7, 11) is 1.63. The van der Waals surface area contributed by atoms with Crippen LogP contribution in [0.3, 0.4) is 0 Å². The number of piperidine rings is 1. The van der Waals surface area contributed by atoms with Crippen molar-refractivity contribution in [2.24, 2.45) is 0 Å². The Labute approximate surface area is 190 Å². The summed E-state index contributed by atoms with van der Waals surface area (Å²) in [5.74, 6) is 3.57. The SMILES string of the molecule is COc1cc(OCc2ccccc2)ccc1Oc1ccc(OCCN2CCCCC2)cc1. The number of ether oxygens (including phenoxy) is 4. The number of methoxy groups -OCH3 is 1. The topological polar surface area (TPSA) is 40.2 Å². The highest BCUT2D eigenvalue weighted by Crippen LogP contribution is 2.35. The molecule has 5 nitrogen and oxygen atoms in total. The molecule has 0 N–H and O–H groups in total. The first-order valence-corrected chi connectivity index (χ1v) is 11.3. The van der Waals surface area contributed by atoms with E-state index >= 15 is 0 Å². The Kier molecular flexibility index (Phi) is 7.88. The molecule has 0 aliphatic carbocycles. The Morgan fingerprint density at radius 3 is 2.19 bits per heavy atom. The first-order valence-electron chi connectivity index (χ1n) is 11.3. The number of nitrogens with zero attached hydrogens (tertiary/aromatic N) is 1. The van der Waals surface area contributed by atoms with E-state index in [1.807, 2.05) is 72.8 Å². The van der Waals surface area contributed by atoms with Crippen molar-refractivity contribution in [2.45, 2.75) is 25.9 Å². The van der Waals surface area contributed by atoms with Gasteiger partial charge in [0.2, 0.25) is 0 Å². The number of hydrogen-bond donors (Lipinski definition) is 0. The van der Waals surface area contributed by atoms with Crippen molar-refractivity contribution in [3.63, 3.8) is 0 Å². The minimum Gasteiger partial charge on any atom is -0.493 e. The van der Waals surface area contributed by atoms with E-state index in [0.29, 0.717) is 24.7 Å². The predicted octanol–water partition coefficient (Wildman–Crippen LogP) is 5.93. The van der Waals surface area contributed by atoms with Gasteiger partial charge in [-0.3, -0.25) is 4.90 Å². The van der Waals surface area contributed by atoms with Crippen molar-refractivity contribution in [1.82, 2.24) is 4.90 Å². The second-order valence-corrected chi connectivity index (χ2v) is 7.91. The third-order valence-corrected chi connectivity index (χ3v) is 5.56. The summed E-state index contributed by atoms with van der Waals surface area (Å²) in [5, 5.41) is 0. The fourth-order valence-corrected chi connectivity index (χ4v) is 3.77. The third kappa shape index (κ3) is 6.41. The first kappa shape index (κ1) is 22.0. The summed E-state index contributed by atoms with van der Waals surface area (Å²) in [6.07, 6.45) is 3.96. The molecule has 1 saturated heterocycles. The van der Waals surface area contributed by atoms with Crippen LogP contribution in [-0.2, 0) is 6.61 Å². The van der Waals surface area contributed by atoms with Crippen LogP contribution < -0.4 is 18.9 Å². The molecule has 0 atom stereocenters. The molecule has 1 fully saturated rings. The highest BCUT2D eigenvalue weighted by atomic mass is 16.5. The molecule has 1 aliphatic heterocycles. The van der Waals surface area contributed by atoms with Gasteiger partial charge in [0.25, 0.3) is 0 Å². The summed E-state index contributed by atoms with van der Waals surface area (Å²) in [5.41, 5.74) is 1.12. The molecule has 0 aromatic heterocycles. The molecule has 0 spiro atoms. The highest BCUT2D eigenvalue weighted by molar-refractivity contribution is 5.48. The normalized spacial score (nSPS) is 14.0. The van der Waals surface area contributed by atoms with E-state index in [1.165, 1.54) is 32.4 Å². The van der Waals surface area contributed by atoms with Gasteiger partial charge in [-0.25, -0.2) is 0 Å². The van der Waals surface area contributed by atoms with Gasteiger partial charge in [0.1, 0.15) is 30.5 Å². The van der Waals surface area contributed by atoms with E-state index in [-0.39, 0.29) is 0 Å². The molecule has 0 unspecified atom stereocenters. The zero-order valence-electron chi connectivity index (χ0n) is 18.7. The molecular formula is C27H31NO4. The van der Waals surface area contributed by atoms with Crippen molar-refractivity contribution >= 4 is 0 Å². The van der Waals surface area contributed by atoms with Crippen LogP contribution in [0.15, 0.2) is 72.8 Å². The van der Waals surface area contributed by atoms with Gasteiger partial charge in [0, 0.05) is 12.6 Å². The molecular weight excluding hydrogens is 402 g/mol. The lowest BCUT2D eigenvalue weighted by Gasteiger charge is -2.26. The maximum Gasteiger partial charge on any atom is 0.169 e. The second kappa shape index (κ2) is 11.4. The zero-order valence-corrected chi connectivity index (χ0v) is 18.7.